The predicted octanol–water partition coefficient (Wildman–Crippen LogP) is 2.76. The van der Waals surface area contributed by atoms with E-state index in [1.165, 1.54) is 10.1 Å². The standard InChI is InChI=1S/C6H3S2/c1-2-8-6-4-7-3-5(1)6/h1,3-4H. The van der Waals surface area contributed by atoms with Crippen LogP contribution in [0.15, 0.2) is 16.8 Å². The highest BCUT2D eigenvalue weighted by atomic mass is 32.1. The second-order valence-corrected chi connectivity index (χ2v) is 3.18. The molecule has 0 spiro atoms. The first-order chi connectivity index (χ1) is 3.97. The van der Waals surface area contributed by atoms with Gasteiger partial charge in [0.2, 0.25) is 0 Å². The van der Waals surface area contributed by atoms with Gasteiger partial charge in [0, 0.05) is 20.8 Å². The topological polar surface area (TPSA) is 0 Å². The van der Waals surface area contributed by atoms with Crippen LogP contribution in [0.25, 0.3) is 10.1 Å². The summed E-state index contributed by atoms with van der Waals surface area (Å²) in [6, 6.07) is 2.02. The molecule has 2 aromatic rings. The molecule has 0 bridgehead atoms. The third-order valence-corrected chi connectivity index (χ3v) is 2.76. The van der Waals surface area contributed by atoms with Crippen LogP contribution in [0.3, 0.4) is 0 Å². The van der Waals surface area contributed by atoms with Gasteiger partial charge in [-0.25, -0.2) is 0 Å². The van der Waals surface area contributed by atoms with Crippen LogP contribution in [0, 0.1) is 5.38 Å². The van der Waals surface area contributed by atoms with Gasteiger partial charge in [0.25, 0.3) is 0 Å². The Balaban J connectivity index is 3.06. The van der Waals surface area contributed by atoms with E-state index in [2.05, 4.69) is 16.1 Å². The molecule has 0 saturated heterocycles. The lowest BCUT2D eigenvalue weighted by molar-refractivity contribution is 2.15. The molecule has 2 heterocycles. The smallest absolute Gasteiger partial charge is 0.0456 e. The van der Waals surface area contributed by atoms with Crippen LogP contribution < -0.4 is 0 Å². The molecule has 0 aliphatic carbocycles. The van der Waals surface area contributed by atoms with Gasteiger partial charge >= 0.3 is 0 Å². The van der Waals surface area contributed by atoms with Crippen LogP contribution in [0.5, 0.6) is 0 Å². The normalized spacial score (nSPS) is 10.5. The van der Waals surface area contributed by atoms with Crippen LogP contribution in [-0.2, 0) is 0 Å². The fourth-order valence-corrected chi connectivity index (χ4v) is 2.29. The lowest BCUT2D eigenvalue weighted by atomic mass is 10.4. The molecule has 0 nitrogen and oxygen atoms in total. The Bertz CT molecular complexity index is 228. The summed E-state index contributed by atoms with van der Waals surface area (Å²) < 4.78 is 1.36. The van der Waals surface area contributed by atoms with Crippen molar-refractivity contribution in [2.75, 3.05) is 0 Å². The second kappa shape index (κ2) is 1.57. The summed E-state index contributed by atoms with van der Waals surface area (Å²) in [7, 11) is 0. The van der Waals surface area contributed by atoms with E-state index in [1.54, 1.807) is 22.7 Å². The van der Waals surface area contributed by atoms with Crippen molar-refractivity contribution in [3.63, 3.8) is 0 Å². The van der Waals surface area contributed by atoms with Crippen LogP contribution in [0.1, 0.15) is 0 Å². The summed E-state index contributed by atoms with van der Waals surface area (Å²) in [5, 5.41) is 8.69. The molecule has 0 aromatic carbocycles. The minimum absolute atomic E-state index is 1.33. The fourth-order valence-electron chi connectivity index (χ4n) is 0.640. The second-order valence-electron chi connectivity index (χ2n) is 1.56. The zero-order valence-corrected chi connectivity index (χ0v) is 5.68. The van der Waals surface area contributed by atoms with E-state index < -0.39 is 0 Å². The summed E-state index contributed by atoms with van der Waals surface area (Å²) in [6.07, 6.45) is 0. The molecular formula is C6H3S2. The number of hydrogen-bond donors (Lipinski definition) is 0. The number of thiophene rings is 2. The third kappa shape index (κ3) is 0.501. The molecule has 0 unspecified atom stereocenters. The van der Waals surface area contributed by atoms with Crippen molar-refractivity contribution in [3.05, 3.63) is 22.2 Å². The SMILES string of the molecule is [c]1cc2cscc2s1. The highest BCUT2D eigenvalue weighted by Crippen LogP contribution is 2.23. The molecule has 0 atom stereocenters. The van der Waals surface area contributed by atoms with Crippen LogP contribution in [0.2, 0.25) is 0 Å². The summed E-state index contributed by atoms with van der Waals surface area (Å²) in [5.74, 6) is 0. The lowest BCUT2D eigenvalue weighted by Crippen LogP contribution is -1.37. The first-order valence-electron chi connectivity index (χ1n) is 2.28. The van der Waals surface area contributed by atoms with E-state index in [0.29, 0.717) is 0 Å². The predicted molar refractivity (Wildman–Crippen MR) is 38.5 cm³/mol. The van der Waals surface area contributed by atoms with Gasteiger partial charge in [-0.3, -0.25) is 0 Å². The van der Waals surface area contributed by atoms with E-state index in [0.717, 1.165) is 0 Å². The molecule has 0 fully saturated rings. The van der Waals surface area contributed by atoms with E-state index in [4.69, 9.17) is 0 Å². The Morgan fingerprint density at radius 3 is 3.25 bits per heavy atom. The zero-order chi connectivity index (χ0) is 5.40. The summed E-state index contributed by atoms with van der Waals surface area (Å²) in [5.41, 5.74) is 0. The minimum atomic E-state index is 1.33. The quantitative estimate of drug-likeness (QED) is 0.526. The number of hydrogen-bond acceptors (Lipinski definition) is 2. The van der Waals surface area contributed by atoms with E-state index >= 15 is 0 Å². The van der Waals surface area contributed by atoms with E-state index in [1.807, 2.05) is 6.07 Å². The van der Waals surface area contributed by atoms with Gasteiger partial charge in [0.15, 0.2) is 0 Å². The maximum absolute atomic E-state index is 3.07. The van der Waals surface area contributed by atoms with E-state index in [-0.39, 0.29) is 0 Å². The summed E-state index contributed by atoms with van der Waals surface area (Å²) in [4.78, 5) is 0. The highest BCUT2D eigenvalue weighted by molar-refractivity contribution is 7.20. The monoisotopic (exact) mass is 139 g/mol. The Morgan fingerprint density at radius 2 is 2.38 bits per heavy atom. The Hall–Kier alpha value is -0.340. The van der Waals surface area contributed by atoms with Gasteiger partial charge in [-0.1, -0.05) is 0 Å². The summed E-state index contributed by atoms with van der Waals surface area (Å²) >= 11 is 3.43. The van der Waals surface area contributed by atoms with Crippen LogP contribution >= 0.6 is 22.7 Å². The van der Waals surface area contributed by atoms with Crippen molar-refractivity contribution in [2.45, 2.75) is 0 Å². The van der Waals surface area contributed by atoms with Crippen molar-refractivity contribution >= 4 is 32.8 Å². The Kier molecular flexibility index (Phi) is 0.889. The molecule has 1 radical (unpaired) electrons. The largest absolute Gasteiger partial charge is 0.150 e. The van der Waals surface area contributed by atoms with Gasteiger partial charge in [0.1, 0.15) is 0 Å². The number of fused-ring (bicyclic) bond motifs is 1. The summed E-state index contributed by atoms with van der Waals surface area (Å²) in [6.45, 7) is 0. The first-order valence-corrected chi connectivity index (χ1v) is 4.04. The third-order valence-electron chi connectivity index (χ3n) is 1.04. The maximum Gasteiger partial charge on any atom is 0.0456 e. The first kappa shape index (κ1) is 4.53. The van der Waals surface area contributed by atoms with Gasteiger partial charge in [-0.2, -0.15) is 11.3 Å². The van der Waals surface area contributed by atoms with Gasteiger partial charge in [-0.15, -0.1) is 11.3 Å². The Labute approximate surface area is 55.4 Å². The maximum atomic E-state index is 3.07. The molecule has 0 aliphatic heterocycles. The van der Waals surface area contributed by atoms with Gasteiger partial charge in [-0.05, 0) is 11.4 Å². The Morgan fingerprint density at radius 1 is 1.38 bits per heavy atom. The molecular weight excluding hydrogens is 136 g/mol. The molecule has 39 valence electrons. The van der Waals surface area contributed by atoms with Gasteiger partial charge < -0.3 is 0 Å². The number of rotatable bonds is 0. The zero-order valence-electron chi connectivity index (χ0n) is 4.05. The molecule has 2 rings (SSSR count). The molecule has 8 heavy (non-hydrogen) atoms. The van der Waals surface area contributed by atoms with Crippen molar-refractivity contribution in [1.82, 2.24) is 0 Å². The molecule has 0 aliphatic rings. The minimum Gasteiger partial charge on any atom is -0.150 e. The molecule has 2 aromatic heterocycles. The highest BCUT2D eigenvalue weighted by Gasteiger charge is 1.91. The molecule has 0 saturated carbocycles. The fraction of sp³-hybridized carbons (Fsp3) is 0. The van der Waals surface area contributed by atoms with Gasteiger partial charge in [0.05, 0.1) is 0 Å². The average molecular weight is 139 g/mol. The molecule has 2 heteroatoms. The van der Waals surface area contributed by atoms with Crippen LogP contribution in [-0.4, -0.2) is 0 Å². The van der Waals surface area contributed by atoms with Crippen molar-refractivity contribution in [2.24, 2.45) is 0 Å². The molecule has 0 N–H and O–H groups in total. The average Bonchev–Trinajstić information content (AvgIpc) is 2.15. The molecule has 0 amide bonds. The van der Waals surface area contributed by atoms with E-state index in [9.17, 15) is 0 Å². The van der Waals surface area contributed by atoms with Crippen molar-refractivity contribution < 1.29 is 0 Å². The van der Waals surface area contributed by atoms with Crippen LogP contribution in [0.4, 0.5) is 0 Å². The van der Waals surface area contributed by atoms with Crippen molar-refractivity contribution in [3.8, 4) is 0 Å². The lowest BCUT2D eigenvalue weighted by Gasteiger charge is -1.63. The van der Waals surface area contributed by atoms with Crippen molar-refractivity contribution in [1.29, 1.82) is 0 Å².